The lowest BCUT2D eigenvalue weighted by molar-refractivity contribution is -0.149. The van der Waals surface area contributed by atoms with Crippen molar-refractivity contribution in [2.45, 2.75) is 33.2 Å². The molecule has 1 atom stereocenters. The second-order valence-electron chi connectivity index (χ2n) is 6.07. The maximum Gasteiger partial charge on any atom is 0.327 e. The molecule has 0 spiro atoms. The fourth-order valence-corrected chi connectivity index (χ4v) is 1.92. The van der Waals surface area contributed by atoms with Gasteiger partial charge in [0.25, 0.3) is 0 Å². The van der Waals surface area contributed by atoms with Gasteiger partial charge in [0.15, 0.2) is 0 Å². The zero-order valence-electron chi connectivity index (χ0n) is 13.4. The predicted molar refractivity (Wildman–Crippen MR) is 79.1 cm³/mol. The Bertz CT molecular complexity index is 265. The molecule has 5 heteroatoms. The molecular weight excluding hydrogens is 242 g/mol. The average Bonchev–Trinajstić information content (AvgIpc) is 2.25. The van der Waals surface area contributed by atoms with E-state index < -0.39 is 5.54 Å². The molecule has 1 unspecified atom stereocenters. The smallest absolute Gasteiger partial charge is 0.327 e. The number of rotatable bonds is 9. The molecule has 0 aromatic rings. The molecule has 0 amide bonds. The lowest BCUT2D eigenvalue weighted by atomic mass is 10.0. The number of likely N-dealkylation sites (N-methyl/N-ethyl adjacent to an activating group) is 1. The van der Waals surface area contributed by atoms with Crippen LogP contribution in [0.15, 0.2) is 0 Å². The molecule has 0 aromatic heterocycles. The van der Waals surface area contributed by atoms with Crippen molar-refractivity contribution >= 4 is 5.97 Å². The molecule has 0 rings (SSSR count). The van der Waals surface area contributed by atoms with E-state index in [0.29, 0.717) is 19.1 Å². The lowest BCUT2D eigenvalue weighted by Crippen LogP contribution is -2.55. The van der Waals surface area contributed by atoms with Gasteiger partial charge in [-0.3, -0.25) is 9.69 Å². The minimum Gasteiger partial charge on any atom is -0.465 e. The Morgan fingerprint density at radius 2 is 1.89 bits per heavy atom. The minimum absolute atomic E-state index is 0.325. The Balaban J connectivity index is 4.55. The first-order valence-corrected chi connectivity index (χ1v) is 7.02. The maximum absolute atomic E-state index is 11.8. The van der Waals surface area contributed by atoms with Gasteiger partial charge in [0.1, 0.15) is 5.54 Å². The fourth-order valence-electron chi connectivity index (χ4n) is 1.92. The molecule has 114 valence electrons. The van der Waals surface area contributed by atoms with Crippen LogP contribution >= 0.6 is 0 Å². The van der Waals surface area contributed by atoms with Gasteiger partial charge in [0.05, 0.1) is 6.61 Å². The quantitative estimate of drug-likeness (QED) is 0.629. The highest BCUT2D eigenvalue weighted by atomic mass is 16.5. The van der Waals surface area contributed by atoms with E-state index in [-0.39, 0.29) is 5.97 Å². The number of hydrogen-bond acceptors (Lipinski definition) is 5. The predicted octanol–water partition coefficient (Wildman–Crippen LogP) is 0.787. The van der Waals surface area contributed by atoms with Crippen LogP contribution in [-0.2, 0) is 9.53 Å². The van der Waals surface area contributed by atoms with Gasteiger partial charge in [-0.25, -0.2) is 0 Å². The van der Waals surface area contributed by atoms with Crippen LogP contribution in [0.5, 0.6) is 0 Å². The molecule has 0 aliphatic carbocycles. The summed E-state index contributed by atoms with van der Waals surface area (Å²) in [6, 6.07) is 0. The second kappa shape index (κ2) is 8.51. The van der Waals surface area contributed by atoms with Crippen molar-refractivity contribution < 1.29 is 9.53 Å². The summed E-state index contributed by atoms with van der Waals surface area (Å²) in [6.45, 7) is 11.6. The Hall–Kier alpha value is -0.650. The van der Waals surface area contributed by atoms with E-state index in [1.807, 2.05) is 14.1 Å². The van der Waals surface area contributed by atoms with Crippen LogP contribution in [-0.4, -0.2) is 68.2 Å². The van der Waals surface area contributed by atoms with Gasteiger partial charge in [-0.1, -0.05) is 13.8 Å². The van der Waals surface area contributed by atoms with Crippen LogP contribution in [0, 0.1) is 5.92 Å². The second-order valence-corrected chi connectivity index (χ2v) is 6.07. The van der Waals surface area contributed by atoms with Crippen LogP contribution in [0.25, 0.3) is 0 Å². The van der Waals surface area contributed by atoms with Gasteiger partial charge < -0.3 is 15.4 Å². The van der Waals surface area contributed by atoms with Gasteiger partial charge in [-0.2, -0.15) is 0 Å². The van der Waals surface area contributed by atoms with E-state index in [4.69, 9.17) is 10.5 Å². The average molecular weight is 273 g/mol. The molecule has 0 aromatic carbocycles. The Kier molecular flexibility index (Phi) is 8.22. The summed E-state index contributed by atoms with van der Waals surface area (Å²) >= 11 is 0. The third-order valence-corrected chi connectivity index (χ3v) is 2.78. The molecule has 0 aliphatic heterocycles. The zero-order valence-corrected chi connectivity index (χ0v) is 13.4. The van der Waals surface area contributed by atoms with Crippen molar-refractivity contribution in [3.63, 3.8) is 0 Å². The van der Waals surface area contributed by atoms with Gasteiger partial charge in [-0.15, -0.1) is 0 Å². The number of carbonyl (C=O) groups excluding carboxylic acids is 1. The first kappa shape index (κ1) is 18.4. The number of ether oxygens (including phenoxy) is 1. The summed E-state index contributed by atoms with van der Waals surface area (Å²) in [6.07, 6.45) is 0. The van der Waals surface area contributed by atoms with Crippen molar-refractivity contribution in [1.82, 2.24) is 9.80 Å². The topological polar surface area (TPSA) is 58.8 Å². The molecule has 0 aliphatic rings. The Labute approximate surface area is 118 Å². The molecule has 0 saturated heterocycles. The van der Waals surface area contributed by atoms with Crippen molar-refractivity contribution in [2.24, 2.45) is 11.7 Å². The third kappa shape index (κ3) is 8.18. The van der Waals surface area contributed by atoms with Crippen LogP contribution in [0.4, 0.5) is 0 Å². The van der Waals surface area contributed by atoms with Crippen molar-refractivity contribution in [3.8, 4) is 0 Å². The summed E-state index contributed by atoms with van der Waals surface area (Å²) in [5.74, 6) is 0.216. The SMILES string of the molecule is CCOC(=O)C(C)(N)CN(CCN(C)C)CC(C)C. The summed E-state index contributed by atoms with van der Waals surface area (Å²) < 4.78 is 5.04. The van der Waals surface area contributed by atoms with Gasteiger partial charge in [-0.05, 0) is 33.9 Å². The molecule has 5 nitrogen and oxygen atoms in total. The lowest BCUT2D eigenvalue weighted by Gasteiger charge is -2.32. The summed E-state index contributed by atoms with van der Waals surface area (Å²) in [5.41, 5.74) is 5.15. The molecule has 0 fully saturated rings. The molecular formula is C14H31N3O2. The van der Waals surface area contributed by atoms with E-state index in [0.717, 1.165) is 19.6 Å². The largest absolute Gasteiger partial charge is 0.465 e. The monoisotopic (exact) mass is 273 g/mol. The number of esters is 1. The van der Waals surface area contributed by atoms with E-state index >= 15 is 0 Å². The van der Waals surface area contributed by atoms with Crippen molar-refractivity contribution in [1.29, 1.82) is 0 Å². The highest BCUT2D eigenvalue weighted by molar-refractivity contribution is 5.80. The van der Waals surface area contributed by atoms with E-state index in [9.17, 15) is 4.79 Å². The van der Waals surface area contributed by atoms with Crippen molar-refractivity contribution in [2.75, 3.05) is 46.9 Å². The highest BCUT2D eigenvalue weighted by Crippen LogP contribution is 2.08. The molecule has 0 heterocycles. The third-order valence-electron chi connectivity index (χ3n) is 2.78. The van der Waals surface area contributed by atoms with E-state index in [1.165, 1.54) is 0 Å². The first-order valence-electron chi connectivity index (χ1n) is 7.02. The molecule has 0 radical (unpaired) electrons. The number of carbonyl (C=O) groups is 1. The zero-order chi connectivity index (χ0) is 15.1. The fraction of sp³-hybridized carbons (Fsp3) is 0.929. The van der Waals surface area contributed by atoms with E-state index in [2.05, 4.69) is 23.6 Å². The molecule has 19 heavy (non-hydrogen) atoms. The van der Waals surface area contributed by atoms with Crippen LogP contribution in [0.3, 0.4) is 0 Å². The number of nitrogens with zero attached hydrogens (tertiary/aromatic N) is 2. The standard InChI is InChI=1S/C14H31N3O2/c1-7-19-13(18)14(4,15)11-17(10-12(2)3)9-8-16(5)6/h12H,7-11,15H2,1-6H3. The van der Waals surface area contributed by atoms with Crippen LogP contribution in [0.2, 0.25) is 0 Å². The molecule has 0 saturated carbocycles. The Morgan fingerprint density at radius 1 is 1.32 bits per heavy atom. The summed E-state index contributed by atoms with van der Waals surface area (Å²) in [4.78, 5) is 16.2. The summed E-state index contributed by atoms with van der Waals surface area (Å²) in [5, 5.41) is 0. The Morgan fingerprint density at radius 3 is 2.32 bits per heavy atom. The van der Waals surface area contributed by atoms with E-state index in [1.54, 1.807) is 13.8 Å². The summed E-state index contributed by atoms with van der Waals surface area (Å²) in [7, 11) is 4.08. The van der Waals surface area contributed by atoms with Gasteiger partial charge in [0.2, 0.25) is 0 Å². The highest BCUT2D eigenvalue weighted by Gasteiger charge is 2.32. The minimum atomic E-state index is -0.947. The van der Waals surface area contributed by atoms with Crippen LogP contribution in [0.1, 0.15) is 27.7 Å². The molecule has 2 N–H and O–H groups in total. The normalized spacial score (nSPS) is 15.1. The maximum atomic E-state index is 11.8. The number of hydrogen-bond donors (Lipinski definition) is 1. The number of nitrogens with two attached hydrogens (primary N) is 1. The first-order chi connectivity index (χ1) is 8.69. The van der Waals surface area contributed by atoms with Crippen LogP contribution < -0.4 is 5.73 Å². The van der Waals surface area contributed by atoms with Gasteiger partial charge in [0, 0.05) is 26.2 Å². The van der Waals surface area contributed by atoms with Gasteiger partial charge >= 0.3 is 5.97 Å². The molecule has 0 bridgehead atoms. The van der Waals surface area contributed by atoms with Crippen molar-refractivity contribution in [3.05, 3.63) is 0 Å².